The van der Waals surface area contributed by atoms with Gasteiger partial charge in [0.05, 0.1) is 6.54 Å². The highest BCUT2D eigenvalue weighted by molar-refractivity contribution is 5.94. The van der Waals surface area contributed by atoms with Crippen LogP contribution in [0.4, 0.5) is 0 Å². The van der Waals surface area contributed by atoms with Crippen molar-refractivity contribution in [3.8, 4) is 0 Å². The number of nitrogens with one attached hydrogen (secondary N) is 1. The zero-order valence-corrected chi connectivity index (χ0v) is 14.7. The third-order valence-electron chi connectivity index (χ3n) is 4.18. The van der Waals surface area contributed by atoms with Crippen LogP contribution in [0.15, 0.2) is 29.3 Å². The van der Waals surface area contributed by atoms with Gasteiger partial charge in [-0.25, -0.2) is 0 Å². The van der Waals surface area contributed by atoms with Crippen LogP contribution in [0.5, 0.6) is 0 Å². The predicted octanol–water partition coefficient (Wildman–Crippen LogP) is 5.80. The van der Waals surface area contributed by atoms with Gasteiger partial charge in [-0.3, -0.25) is 4.99 Å². The third-order valence-corrected chi connectivity index (χ3v) is 4.18. The summed E-state index contributed by atoms with van der Waals surface area (Å²) in [6.45, 7) is 4.19. The summed E-state index contributed by atoms with van der Waals surface area (Å²) in [5, 5.41) is 3.24. The molecule has 1 aliphatic rings. The molecule has 0 amide bonds. The normalized spacial score (nSPS) is 14.9. The Morgan fingerprint density at radius 3 is 2.09 bits per heavy atom. The van der Waals surface area contributed by atoms with E-state index in [9.17, 15) is 0 Å². The lowest BCUT2D eigenvalue weighted by Crippen LogP contribution is -2.15. The van der Waals surface area contributed by atoms with Crippen LogP contribution in [0.25, 0.3) is 0 Å². The number of aliphatic imine (C=N–C) groups is 1. The first-order chi connectivity index (χ1) is 10.9. The third kappa shape index (κ3) is 11.6. The molecular formula is C20H36N2. The molecule has 0 fully saturated rings. The van der Waals surface area contributed by atoms with Crippen molar-refractivity contribution in [1.82, 2.24) is 5.32 Å². The van der Waals surface area contributed by atoms with E-state index in [0.29, 0.717) is 0 Å². The number of nitrogens with zero attached hydrogens (tertiary/aromatic N) is 1. The van der Waals surface area contributed by atoms with Crippen LogP contribution in [0, 0.1) is 0 Å². The summed E-state index contributed by atoms with van der Waals surface area (Å²) in [5.41, 5.74) is 0. The molecule has 22 heavy (non-hydrogen) atoms. The number of amidine groups is 1. The molecule has 2 nitrogen and oxygen atoms in total. The number of hydrogen-bond acceptors (Lipinski definition) is 2. The first-order valence-corrected chi connectivity index (χ1v) is 9.55. The minimum atomic E-state index is 0.919. The standard InChI is InChI=1S/C20H36N2/c1-2-3-4-5-6-7-8-9-10-11-12-13-14-15-16-17-20-21-18-19-22-20/h14-17H,2-13,18-19H2,1H3,(H,21,22). The summed E-state index contributed by atoms with van der Waals surface area (Å²) in [4.78, 5) is 4.32. The van der Waals surface area contributed by atoms with Gasteiger partial charge in [-0.15, -0.1) is 0 Å². The molecule has 0 aromatic heterocycles. The van der Waals surface area contributed by atoms with Crippen molar-refractivity contribution >= 4 is 5.84 Å². The first kappa shape index (κ1) is 19.0. The average molecular weight is 305 g/mol. The molecule has 2 heteroatoms. The summed E-state index contributed by atoms with van der Waals surface area (Å²) in [6, 6.07) is 0. The van der Waals surface area contributed by atoms with E-state index in [1.54, 1.807) is 0 Å². The van der Waals surface area contributed by atoms with E-state index in [-0.39, 0.29) is 0 Å². The molecule has 1 heterocycles. The largest absolute Gasteiger partial charge is 0.369 e. The smallest absolute Gasteiger partial charge is 0.120 e. The molecule has 0 aliphatic carbocycles. The Morgan fingerprint density at radius 2 is 1.50 bits per heavy atom. The second-order valence-electron chi connectivity index (χ2n) is 6.31. The van der Waals surface area contributed by atoms with E-state index in [4.69, 9.17) is 0 Å². The summed E-state index contributed by atoms with van der Waals surface area (Å²) in [6.07, 6.45) is 25.4. The first-order valence-electron chi connectivity index (χ1n) is 9.55. The predicted molar refractivity (Wildman–Crippen MR) is 99.7 cm³/mol. The minimum Gasteiger partial charge on any atom is -0.369 e. The van der Waals surface area contributed by atoms with Crippen molar-refractivity contribution < 1.29 is 0 Å². The highest BCUT2D eigenvalue weighted by Gasteiger charge is 1.97. The molecule has 1 N–H and O–H groups in total. The van der Waals surface area contributed by atoms with Crippen molar-refractivity contribution in [2.75, 3.05) is 13.1 Å². The molecule has 0 spiro atoms. The van der Waals surface area contributed by atoms with Crippen molar-refractivity contribution in [3.63, 3.8) is 0 Å². The number of allylic oxidation sites excluding steroid dienone is 3. The van der Waals surface area contributed by atoms with Gasteiger partial charge in [-0.05, 0) is 18.9 Å². The Kier molecular flexibility index (Phi) is 12.8. The fraction of sp³-hybridized carbons (Fsp3) is 0.750. The van der Waals surface area contributed by atoms with E-state index < -0.39 is 0 Å². The van der Waals surface area contributed by atoms with E-state index in [0.717, 1.165) is 18.9 Å². The Bertz CT molecular complexity index is 329. The Hall–Kier alpha value is -1.05. The highest BCUT2D eigenvalue weighted by atomic mass is 15.1. The van der Waals surface area contributed by atoms with Gasteiger partial charge in [-0.1, -0.05) is 89.4 Å². The summed E-state index contributed by atoms with van der Waals surface area (Å²) in [7, 11) is 0. The van der Waals surface area contributed by atoms with Crippen LogP contribution in [-0.4, -0.2) is 18.9 Å². The molecule has 0 saturated carbocycles. The van der Waals surface area contributed by atoms with Crippen molar-refractivity contribution in [3.05, 3.63) is 24.3 Å². The molecule has 1 rings (SSSR count). The molecule has 0 radical (unpaired) electrons. The molecule has 0 unspecified atom stereocenters. The van der Waals surface area contributed by atoms with Gasteiger partial charge in [0, 0.05) is 6.54 Å². The topological polar surface area (TPSA) is 24.4 Å². The minimum absolute atomic E-state index is 0.919. The van der Waals surface area contributed by atoms with Crippen LogP contribution in [0.1, 0.15) is 84.0 Å². The molecule has 0 atom stereocenters. The van der Waals surface area contributed by atoms with E-state index >= 15 is 0 Å². The quantitative estimate of drug-likeness (QED) is 0.318. The lowest BCUT2D eigenvalue weighted by Gasteiger charge is -2.01. The maximum atomic E-state index is 4.32. The Morgan fingerprint density at radius 1 is 0.864 bits per heavy atom. The zero-order chi connectivity index (χ0) is 15.7. The molecule has 126 valence electrons. The van der Waals surface area contributed by atoms with Gasteiger partial charge in [0.15, 0.2) is 0 Å². The molecule has 0 saturated heterocycles. The van der Waals surface area contributed by atoms with Gasteiger partial charge < -0.3 is 5.32 Å². The Labute approximate surface area is 138 Å². The van der Waals surface area contributed by atoms with Crippen LogP contribution in [0.2, 0.25) is 0 Å². The van der Waals surface area contributed by atoms with Gasteiger partial charge in [0.1, 0.15) is 5.84 Å². The maximum absolute atomic E-state index is 4.32. The van der Waals surface area contributed by atoms with Gasteiger partial charge >= 0.3 is 0 Å². The number of hydrogen-bond donors (Lipinski definition) is 1. The molecule has 0 aromatic rings. The van der Waals surface area contributed by atoms with Crippen molar-refractivity contribution in [2.45, 2.75) is 84.0 Å². The fourth-order valence-electron chi connectivity index (χ4n) is 2.78. The van der Waals surface area contributed by atoms with Crippen molar-refractivity contribution in [2.24, 2.45) is 4.99 Å². The lowest BCUT2D eigenvalue weighted by atomic mass is 10.1. The van der Waals surface area contributed by atoms with Crippen molar-refractivity contribution in [1.29, 1.82) is 0 Å². The summed E-state index contributed by atoms with van der Waals surface area (Å²) >= 11 is 0. The molecular weight excluding hydrogens is 268 g/mol. The fourth-order valence-corrected chi connectivity index (χ4v) is 2.78. The second kappa shape index (κ2) is 14.9. The van der Waals surface area contributed by atoms with Gasteiger partial charge in [0.2, 0.25) is 0 Å². The summed E-state index contributed by atoms with van der Waals surface area (Å²) in [5.74, 6) is 1.03. The van der Waals surface area contributed by atoms with Gasteiger partial charge in [-0.2, -0.15) is 0 Å². The van der Waals surface area contributed by atoms with Crippen LogP contribution < -0.4 is 5.32 Å². The van der Waals surface area contributed by atoms with Crippen LogP contribution in [-0.2, 0) is 0 Å². The van der Waals surface area contributed by atoms with E-state index in [1.165, 1.54) is 77.0 Å². The number of unbranched alkanes of at least 4 members (excludes halogenated alkanes) is 11. The van der Waals surface area contributed by atoms with Crippen LogP contribution >= 0.6 is 0 Å². The monoisotopic (exact) mass is 304 g/mol. The van der Waals surface area contributed by atoms with E-state index in [1.807, 2.05) is 0 Å². The average Bonchev–Trinajstić information content (AvgIpc) is 3.04. The van der Waals surface area contributed by atoms with Gasteiger partial charge in [0.25, 0.3) is 0 Å². The van der Waals surface area contributed by atoms with E-state index in [2.05, 4.69) is 41.5 Å². The maximum Gasteiger partial charge on any atom is 0.120 e. The molecule has 0 bridgehead atoms. The zero-order valence-electron chi connectivity index (χ0n) is 14.7. The highest BCUT2D eigenvalue weighted by Crippen LogP contribution is 2.11. The van der Waals surface area contributed by atoms with Crippen LogP contribution in [0.3, 0.4) is 0 Å². The summed E-state index contributed by atoms with van der Waals surface area (Å²) < 4.78 is 0. The lowest BCUT2D eigenvalue weighted by molar-refractivity contribution is 0.550. The number of rotatable bonds is 14. The second-order valence-corrected chi connectivity index (χ2v) is 6.31. The Balaban J connectivity index is 1.77. The molecule has 1 aliphatic heterocycles. The molecule has 0 aromatic carbocycles. The SMILES string of the molecule is CCCCCCCCCCCCCC=CC=CC1=NCCN1.